The molecule has 0 amide bonds. The fourth-order valence-electron chi connectivity index (χ4n) is 2.82. The zero-order valence-corrected chi connectivity index (χ0v) is 19.1. The van der Waals surface area contributed by atoms with Crippen LogP contribution < -0.4 is 4.74 Å². The summed E-state index contributed by atoms with van der Waals surface area (Å²) in [6.45, 7) is 3.21. The minimum Gasteiger partial charge on any atom is -0.494 e. The molecule has 0 atom stereocenters. The van der Waals surface area contributed by atoms with Gasteiger partial charge in [-0.1, -0.05) is 41.6 Å². The van der Waals surface area contributed by atoms with Crippen LogP contribution in [0.3, 0.4) is 0 Å². The highest BCUT2D eigenvalue weighted by Gasteiger charge is 2.20. The first kappa shape index (κ1) is 22.7. The van der Waals surface area contributed by atoms with Crippen molar-refractivity contribution in [1.82, 2.24) is 14.8 Å². The Morgan fingerprint density at radius 3 is 2.47 bits per heavy atom. The van der Waals surface area contributed by atoms with Gasteiger partial charge in [-0.3, -0.25) is 0 Å². The number of sulfone groups is 1. The summed E-state index contributed by atoms with van der Waals surface area (Å²) in [5, 5.41) is 9.78. The molecule has 3 rings (SSSR count). The summed E-state index contributed by atoms with van der Waals surface area (Å²) in [6.07, 6.45) is 1.86. The number of benzene rings is 2. The normalized spacial score (nSPS) is 11.5. The molecule has 0 saturated carbocycles. The van der Waals surface area contributed by atoms with Crippen LogP contribution >= 0.6 is 23.4 Å². The Morgan fingerprint density at radius 2 is 1.77 bits per heavy atom. The van der Waals surface area contributed by atoms with Crippen LogP contribution in [-0.4, -0.2) is 35.5 Å². The van der Waals surface area contributed by atoms with E-state index in [0.717, 1.165) is 29.5 Å². The lowest BCUT2D eigenvalue weighted by Gasteiger charge is -2.08. The van der Waals surface area contributed by atoms with Gasteiger partial charge < -0.3 is 9.30 Å². The van der Waals surface area contributed by atoms with Gasteiger partial charge in [-0.25, -0.2) is 8.42 Å². The average molecular weight is 466 g/mol. The van der Waals surface area contributed by atoms with E-state index in [1.807, 2.05) is 23.6 Å². The van der Waals surface area contributed by atoms with Crippen LogP contribution in [0.25, 0.3) is 0 Å². The van der Waals surface area contributed by atoms with Gasteiger partial charge in [0, 0.05) is 17.3 Å². The summed E-state index contributed by atoms with van der Waals surface area (Å²) < 4.78 is 32.8. The fourth-order valence-corrected chi connectivity index (χ4v) is 5.26. The zero-order valence-electron chi connectivity index (χ0n) is 16.7. The number of nitrogens with zero attached hydrogens (tertiary/aromatic N) is 3. The molecule has 160 valence electrons. The monoisotopic (exact) mass is 465 g/mol. The maximum absolute atomic E-state index is 12.6. The third-order valence-electron chi connectivity index (χ3n) is 4.38. The van der Waals surface area contributed by atoms with Crippen LogP contribution in [0.1, 0.15) is 25.6 Å². The third-order valence-corrected chi connectivity index (χ3v) is 7.32. The first-order valence-corrected chi connectivity index (χ1v) is 12.7. The molecule has 0 aliphatic carbocycles. The van der Waals surface area contributed by atoms with E-state index in [9.17, 15) is 8.42 Å². The lowest BCUT2D eigenvalue weighted by atomic mass is 10.3. The number of thioether (sulfide) groups is 1. The summed E-state index contributed by atoms with van der Waals surface area (Å²) in [5.41, 5.74) is 0. The average Bonchev–Trinajstić information content (AvgIpc) is 3.13. The molecule has 2 aromatic carbocycles. The van der Waals surface area contributed by atoms with Crippen molar-refractivity contribution < 1.29 is 13.2 Å². The van der Waals surface area contributed by atoms with E-state index in [4.69, 9.17) is 16.3 Å². The molecule has 6 nitrogen and oxygen atoms in total. The summed E-state index contributed by atoms with van der Waals surface area (Å²) >= 11 is 7.44. The minimum atomic E-state index is -3.45. The molecule has 0 aliphatic rings. The Kier molecular flexibility index (Phi) is 8.18. The highest BCUT2D eigenvalue weighted by atomic mass is 35.5. The number of halogens is 1. The van der Waals surface area contributed by atoms with Gasteiger partial charge in [-0.2, -0.15) is 0 Å². The predicted molar refractivity (Wildman–Crippen MR) is 120 cm³/mol. The standard InChI is InChI=1S/C21H24ClN3O3S2/c1-2-25-20(16-30(26,27)19-8-4-3-5-9-19)23-24-21(25)29-15-7-6-14-28-18-12-10-17(22)11-13-18/h3-5,8-13H,2,6-7,14-16H2,1H3. The molecule has 0 N–H and O–H groups in total. The number of aromatic nitrogens is 3. The van der Waals surface area contributed by atoms with Crippen molar-refractivity contribution in [2.45, 2.75) is 42.1 Å². The molecule has 3 aromatic rings. The molecule has 9 heteroatoms. The van der Waals surface area contributed by atoms with Crippen molar-refractivity contribution >= 4 is 33.2 Å². The Morgan fingerprint density at radius 1 is 1.03 bits per heavy atom. The molecule has 0 saturated heterocycles. The van der Waals surface area contributed by atoms with Crippen molar-refractivity contribution in [3.8, 4) is 5.75 Å². The predicted octanol–water partition coefficient (Wildman–Crippen LogP) is 4.88. The van der Waals surface area contributed by atoms with E-state index in [2.05, 4.69) is 10.2 Å². The SMILES string of the molecule is CCn1c(CS(=O)(=O)c2ccccc2)nnc1SCCCCOc1ccc(Cl)cc1. The van der Waals surface area contributed by atoms with E-state index in [1.165, 1.54) is 0 Å². The van der Waals surface area contributed by atoms with Gasteiger partial charge in [0.1, 0.15) is 17.3 Å². The lowest BCUT2D eigenvalue weighted by molar-refractivity contribution is 0.310. The van der Waals surface area contributed by atoms with E-state index in [0.29, 0.717) is 28.9 Å². The Labute approximate surface area is 186 Å². The largest absolute Gasteiger partial charge is 0.494 e. The van der Waals surface area contributed by atoms with E-state index >= 15 is 0 Å². The van der Waals surface area contributed by atoms with Gasteiger partial charge in [-0.15, -0.1) is 10.2 Å². The Bertz CT molecular complexity index is 1040. The van der Waals surface area contributed by atoms with Crippen molar-refractivity contribution in [1.29, 1.82) is 0 Å². The summed E-state index contributed by atoms with van der Waals surface area (Å²) in [6, 6.07) is 15.7. The van der Waals surface area contributed by atoms with Gasteiger partial charge in [0.05, 0.1) is 11.5 Å². The maximum atomic E-state index is 12.6. The molecule has 0 spiro atoms. The fraction of sp³-hybridized carbons (Fsp3) is 0.333. The van der Waals surface area contributed by atoms with Crippen LogP contribution in [0.2, 0.25) is 5.02 Å². The van der Waals surface area contributed by atoms with Crippen LogP contribution in [-0.2, 0) is 22.1 Å². The van der Waals surface area contributed by atoms with Crippen molar-refractivity contribution in [3.63, 3.8) is 0 Å². The van der Waals surface area contributed by atoms with Crippen LogP contribution in [0.4, 0.5) is 0 Å². The quantitative estimate of drug-likeness (QED) is 0.297. The van der Waals surface area contributed by atoms with Crippen molar-refractivity contribution in [2.75, 3.05) is 12.4 Å². The van der Waals surface area contributed by atoms with Crippen molar-refractivity contribution in [2.24, 2.45) is 0 Å². The second-order valence-electron chi connectivity index (χ2n) is 6.57. The number of hydrogen-bond donors (Lipinski definition) is 0. The number of hydrogen-bond acceptors (Lipinski definition) is 6. The van der Waals surface area contributed by atoms with Gasteiger partial charge >= 0.3 is 0 Å². The van der Waals surface area contributed by atoms with E-state index in [-0.39, 0.29) is 5.75 Å². The number of unbranched alkanes of at least 4 members (excludes halogenated alkanes) is 1. The van der Waals surface area contributed by atoms with E-state index in [1.54, 1.807) is 54.2 Å². The third kappa shape index (κ3) is 6.23. The van der Waals surface area contributed by atoms with Crippen LogP contribution in [0.15, 0.2) is 64.6 Å². The highest BCUT2D eigenvalue weighted by Crippen LogP contribution is 2.22. The molecular weight excluding hydrogens is 442 g/mol. The molecule has 0 fully saturated rings. The molecule has 1 heterocycles. The first-order valence-electron chi connectivity index (χ1n) is 9.70. The van der Waals surface area contributed by atoms with Gasteiger partial charge in [0.15, 0.2) is 15.0 Å². The Balaban J connectivity index is 1.49. The molecule has 30 heavy (non-hydrogen) atoms. The first-order chi connectivity index (χ1) is 14.5. The van der Waals surface area contributed by atoms with Gasteiger partial charge in [0.2, 0.25) is 0 Å². The summed E-state index contributed by atoms with van der Waals surface area (Å²) in [4.78, 5) is 0.297. The molecular formula is C21H24ClN3O3S2. The summed E-state index contributed by atoms with van der Waals surface area (Å²) in [5.74, 6) is 1.97. The summed E-state index contributed by atoms with van der Waals surface area (Å²) in [7, 11) is -3.45. The molecule has 0 unspecified atom stereocenters. The number of rotatable bonds is 11. The second kappa shape index (κ2) is 10.8. The molecule has 1 aromatic heterocycles. The maximum Gasteiger partial charge on any atom is 0.191 e. The topological polar surface area (TPSA) is 74.1 Å². The van der Waals surface area contributed by atoms with E-state index < -0.39 is 9.84 Å². The van der Waals surface area contributed by atoms with Gasteiger partial charge in [-0.05, 0) is 56.2 Å². The van der Waals surface area contributed by atoms with Crippen LogP contribution in [0.5, 0.6) is 5.75 Å². The highest BCUT2D eigenvalue weighted by molar-refractivity contribution is 7.99. The van der Waals surface area contributed by atoms with Crippen molar-refractivity contribution in [3.05, 3.63) is 65.4 Å². The second-order valence-corrected chi connectivity index (χ2v) is 10.1. The number of ether oxygens (including phenoxy) is 1. The zero-order chi connectivity index (χ0) is 21.4. The smallest absolute Gasteiger partial charge is 0.191 e. The Hall–Kier alpha value is -2.03. The molecule has 0 bridgehead atoms. The van der Waals surface area contributed by atoms with Crippen LogP contribution in [0, 0.1) is 0 Å². The molecule has 0 radical (unpaired) electrons. The molecule has 0 aliphatic heterocycles. The minimum absolute atomic E-state index is 0.159. The van der Waals surface area contributed by atoms with Gasteiger partial charge in [0.25, 0.3) is 0 Å². The lowest BCUT2D eigenvalue weighted by Crippen LogP contribution is -2.11.